The second kappa shape index (κ2) is 5.59. The van der Waals surface area contributed by atoms with E-state index in [1.807, 2.05) is 0 Å². The smallest absolute Gasteiger partial charge is 0.265 e. The number of aromatic amines is 1. The zero-order chi connectivity index (χ0) is 14.8. The third kappa shape index (κ3) is 2.81. The van der Waals surface area contributed by atoms with Gasteiger partial charge in [0.2, 0.25) is 0 Å². The minimum absolute atomic E-state index is 0.00310. The van der Waals surface area contributed by atoms with E-state index in [4.69, 9.17) is 21.1 Å². The molecule has 0 unspecified atom stereocenters. The minimum Gasteiger partial charge on any atom is -0.493 e. The highest BCUT2D eigenvalue weighted by Crippen LogP contribution is 2.36. The van der Waals surface area contributed by atoms with Crippen molar-refractivity contribution in [1.82, 2.24) is 10.2 Å². The lowest BCUT2D eigenvalue weighted by molar-refractivity contribution is 0.355. The molecule has 0 radical (unpaired) electrons. The van der Waals surface area contributed by atoms with Crippen LogP contribution in [-0.4, -0.2) is 32.8 Å². The first kappa shape index (κ1) is 14.5. The van der Waals surface area contributed by atoms with Gasteiger partial charge in [-0.25, -0.2) is 8.42 Å². The van der Waals surface area contributed by atoms with Gasteiger partial charge in [0, 0.05) is 18.3 Å². The SMILES string of the molecule is COc1cc(Cl)c(NS(=O)(=O)c2cn[nH]c2)cc1OC. The van der Waals surface area contributed by atoms with E-state index in [1.165, 1.54) is 38.7 Å². The topological polar surface area (TPSA) is 93.3 Å². The first-order valence-corrected chi connectivity index (χ1v) is 7.27. The zero-order valence-corrected chi connectivity index (χ0v) is 12.2. The molecule has 2 rings (SSSR count). The average molecular weight is 318 g/mol. The summed E-state index contributed by atoms with van der Waals surface area (Å²) in [7, 11) is -0.855. The van der Waals surface area contributed by atoms with Crippen molar-refractivity contribution >= 4 is 27.3 Å². The Morgan fingerprint density at radius 1 is 1.25 bits per heavy atom. The number of ether oxygens (including phenoxy) is 2. The van der Waals surface area contributed by atoms with E-state index in [-0.39, 0.29) is 15.6 Å². The molecule has 0 spiro atoms. The number of hydrogen-bond donors (Lipinski definition) is 2. The van der Waals surface area contributed by atoms with Gasteiger partial charge in [0.1, 0.15) is 4.90 Å². The monoisotopic (exact) mass is 317 g/mol. The largest absolute Gasteiger partial charge is 0.493 e. The van der Waals surface area contributed by atoms with Crippen molar-refractivity contribution < 1.29 is 17.9 Å². The van der Waals surface area contributed by atoms with Gasteiger partial charge in [-0.1, -0.05) is 11.6 Å². The lowest BCUT2D eigenvalue weighted by atomic mass is 10.3. The number of hydrogen-bond acceptors (Lipinski definition) is 5. The summed E-state index contributed by atoms with van der Waals surface area (Å²) in [5, 5.41) is 6.21. The van der Waals surface area contributed by atoms with E-state index in [2.05, 4.69) is 14.9 Å². The van der Waals surface area contributed by atoms with E-state index in [9.17, 15) is 8.42 Å². The molecular weight excluding hydrogens is 306 g/mol. The Bertz CT molecular complexity index is 701. The average Bonchev–Trinajstić information content (AvgIpc) is 2.95. The highest BCUT2D eigenvalue weighted by atomic mass is 35.5. The summed E-state index contributed by atoms with van der Waals surface area (Å²) < 4.78 is 36.7. The molecule has 0 saturated heterocycles. The molecule has 0 aliphatic carbocycles. The van der Waals surface area contributed by atoms with Crippen LogP contribution in [0.15, 0.2) is 29.4 Å². The van der Waals surface area contributed by atoms with Crippen molar-refractivity contribution in [2.45, 2.75) is 4.90 Å². The molecule has 20 heavy (non-hydrogen) atoms. The summed E-state index contributed by atoms with van der Waals surface area (Å²) in [4.78, 5) is 0.00310. The number of H-pyrrole nitrogens is 1. The Hall–Kier alpha value is -1.93. The van der Waals surface area contributed by atoms with E-state index in [1.54, 1.807) is 0 Å². The predicted octanol–water partition coefficient (Wildman–Crippen LogP) is 1.88. The first-order chi connectivity index (χ1) is 9.47. The normalized spacial score (nSPS) is 11.2. The van der Waals surface area contributed by atoms with Crippen LogP contribution in [0, 0.1) is 0 Å². The molecule has 2 N–H and O–H groups in total. The second-order valence-corrected chi connectivity index (χ2v) is 5.82. The standard InChI is InChI=1S/C11H12ClN3O4S/c1-18-10-3-8(12)9(4-11(10)19-2)15-20(16,17)7-5-13-14-6-7/h3-6,15H,1-2H3,(H,13,14). The number of nitrogens with zero attached hydrogens (tertiary/aromatic N) is 1. The van der Waals surface area contributed by atoms with Crippen LogP contribution in [0.1, 0.15) is 0 Å². The third-order valence-corrected chi connectivity index (χ3v) is 4.15. The summed E-state index contributed by atoms with van der Waals surface area (Å²) in [6.07, 6.45) is 2.45. The van der Waals surface area contributed by atoms with Crippen LogP contribution in [-0.2, 0) is 10.0 Å². The van der Waals surface area contributed by atoms with Crippen molar-refractivity contribution in [3.8, 4) is 11.5 Å². The van der Waals surface area contributed by atoms with Gasteiger partial charge in [-0.05, 0) is 0 Å². The summed E-state index contributed by atoms with van der Waals surface area (Å²) >= 11 is 6.02. The van der Waals surface area contributed by atoms with Gasteiger partial charge in [-0.3, -0.25) is 9.82 Å². The molecule has 9 heteroatoms. The molecule has 108 valence electrons. The van der Waals surface area contributed by atoms with Gasteiger partial charge in [0.05, 0.1) is 31.1 Å². The fourth-order valence-corrected chi connectivity index (χ4v) is 2.75. The molecule has 0 bridgehead atoms. The molecule has 0 aliphatic rings. The Kier molecular flexibility index (Phi) is 4.05. The second-order valence-electron chi connectivity index (χ2n) is 3.73. The van der Waals surface area contributed by atoms with Crippen LogP contribution in [0.5, 0.6) is 11.5 Å². The fraction of sp³-hybridized carbons (Fsp3) is 0.182. The van der Waals surface area contributed by atoms with Crippen molar-refractivity contribution in [2.75, 3.05) is 18.9 Å². The zero-order valence-electron chi connectivity index (χ0n) is 10.7. The molecule has 2 aromatic rings. The van der Waals surface area contributed by atoms with Crippen molar-refractivity contribution in [3.63, 3.8) is 0 Å². The van der Waals surface area contributed by atoms with Crippen LogP contribution < -0.4 is 14.2 Å². The maximum atomic E-state index is 12.1. The number of halogens is 1. The third-order valence-electron chi connectivity index (χ3n) is 2.50. The van der Waals surface area contributed by atoms with Crippen molar-refractivity contribution in [1.29, 1.82) is 0 Å². The summed E-state index contributed by atoms with van der Waals surface area (Å²) in [5.74, 6) is 0.769. The van der Waals surface area contributed by atoms with Crippen molar-refractivity contribution in [2.24, 2.45) is 0 Å². The highest BCUT2D eigenvalue weighted by molar-refractivity contribution is 7.92. The van der Waals surface area contributed by atoms with Crippen LogP contribution in [0.2, 0.25) is 5.02 Å². The highest BCUT2D eigenvalue weighted by Gasteiger charge is 2.18. The lowest BCUT2D eigenvalue weighted by Crippen LogP contribution is -2.12. The number of aromatic nitrogens is 2. The molecular formula is C11H12ClN3O4S. The number of sulfonamides is 1. The molecule has 0 saturated carbocycles. The molecule has 1 heterocycles. The number of benzene rings is 1. The molecule has 0 amide bonds. The quantitative estimate of drug-likeness (QED) is 0.878. The Labute approximate surface area is 120 Å². The number of anilines is 1. The Morgan fingerprint density at radius 3 is 2.45 bits per heavy atom. The van der Waals surface area contributed by atoms with E-state index in [0.717, 1.165) is 0 Å². The summed E-state index contributed by atoms with van der Waals surface area (Å²) in [5.41, 5.74) is 0.186. The molecule has 7 nitrogen and oxygen atoms in total. The molecule has 0 atom stereocenters. The molecule has 1 aromatic heterocycles. The van der Waals surface area contributed by atoms with Crippen molar-refractivity contribution in [3.05, 3.63) is 29.5 Å². The molecule has 1 aromatic carbocycles. The first-order valence-electron chi connectivity index (χ1n) is 5.41. The van der Waals surface area contributed by atoms with Gasteiger partial charge in [-0.15, -0.1) is 0 Å². The van der Waals surface area contributed by atoms with Crippen LogP contribution in [0.25, 0.3) is 0 Å². The van der Waals surface area contributed by atoms with Crippen LogP contribution >= 0.6 is 11.6 Å². The predicted molar refractivity (Wildman–Crippen MR) is 74.0 cm³/mol. The number of methoxy groups -OCH3 is 2. The fourth-order valence-electron chi connectivity index (χ4n) is 1.52. The van der Waals surface area contributed by atoms with Gasteiger partial charge in [0.25, 0.3) is 10.0 Å². The van der Waals surface area contributed by atoms with Gasteiger partial charge < -0.3 is 9.47 Å². The summed E-state index contributed by atoms with van der Waals surface area (Å²) in [6, 6.07) is 2.91. The van der Waals surface area contributed by atoms with E-state index in [0.29, 0.717) is 11.5 Å². The maximum absolute atomic E-state index is 12.1. The minimum atomic E-state index is -3.76. The maximum Gasteiger partial charge on any atom is 0.265 e. The number of rotatable bonds is 5. The van der Waals surface area contributed by atoms with E-state index < -0.39 is 10.0 Å². The summed E-state index contributed by atoms with van der Waals surface area (Å²) in [6.45, 7) is 0. The Morgan fingerprint density at radius 2 is 1.90 bits per heavy atom. The van der Waals surface area contributed by atoms with Crippen LogP contribution in [0.4, 0.5) is 5.69 Å². The molecule has 0 fully saturated rings. The van der Waals surface area contributed by atoms with Gasteiger partial charge in [-0.2, -0.15) is 5.10 Å². The molecule has 0 aliphatic heterocycles. The van der Waals surface area contributed by atoms with Gasteiger partial charge >= 0.3 is 0 Å². The number of nitrogens with one attached hydrogen (secondary N) is 2. The lowest BCUT2D eigenvalue weighted by Gasteiger charge is -2.13. The van der Waals surface area contributed by atoms with E-state index >= 15 is 0 Å². The van der Waals surface area contributed by atoms with Gasteiger partial charge in [0.15, 0.2) is 11.5 Å². The Balaban J connectivity index is 2.39. The van der Waals surface area contributed by atoms with Crippen LogP contribution in [0.3, 0.4) is 0 Å².